The van der Waals surface area contributed by atoms with E-state index in [2.05, 4.69) is 200 Å². The van der Waals surface area contributed by atoms with Crippen LogP contribution in [-0.2, 0) is 0 Å². The highest BCUT2D eigenvalue weighted by molar-refractivity contribution is 6.20. The van der Waals surface area contributed by atoms with Crippen LogP contribution in [0.1, 0.15) is 31.8 Å². The van der Waals surface area contributed by atoms with Gasteiger partial charge in [0, 0.05) is 88.1 Å². The fraction of sp³-hybridized carbons (Fsp3) is 0. The quantitative estimate of drug-likeness (QED) is 0.143. The molecule has 4 aromatic heterocycles. The zero-order chi connectivity index (χ0) is 49.0. The average molecular weight is 947 g/mol. The normalized spacial score (nSPS) is 11.9. The van der Waals surface area contributed by atoms with Gasteiger partial charge in [0.1, 0.15) is 0 Å². The summed E-state index contributed by atoms with van der Waals surface area (Å²) in [6.45, 7) is 0. The molecule has 0 aliphatic heterocycles. The molecule has 0 atom stereocenters. The van der Waals surface area contributed by atoms with Crippen LogP contribution in [0.4, 0.5) is 0 Å². The summed E-state index contributed by atoms with van der Waals surface area (Å²) in [6, 6.07) is 87.2. The van der Waals surface area contributed by atoms with E-state index in [4.69, 9.17) is 0 Å². The van der Waals surface area contributed by atoms with E-state index in [0.29, 0.717) is 22.3 Å². The maximum atomic E-state index is 14.9. The summed E-state index contributed by atoms with van der Waals surface area (Å²) in [6.07, 6.45) is 0. The van der Waals surface area contributed by atoms with Gasteiger partial charge in [0.2, 0.25) is 0 Å². The molecule has 11 aromatic carbocycles. The zero-order valence-electron chi connectivity index (χ0n) is 39.9. The largest absolute Gasteiger partial charge is 0.309 e. The lowest BCUT2D eigenvalue weighted by atomic mass is 9.93. The fourth-order valence-electron chi connectivity index (χ4n) is 11.9. The number of nitrogens with zero attached hydrogens (tertiary/aromatic N) is 4. The van der Waals surface area contributed by atoms with E-state index in [1.807, 2.05) is 60.7 Å². The molecular formula is C68H42N4O2. The van der Waals surface area contributed by atoms with Crippen molar-refractivity contribution in [3.8, 4) is 22.7 Å². The number of carbonyl (C=O) groups excluding carboxylic acids is 2. The van der Waals surface area contributed by atoms with Crippen LogP contribution in [0, 0.1) is 0 Å². The number of carbonyl (C=O) groups is 2. The minimum absolute atomic E-state index is 0.220. The van der Waals surface area contributed by atoms with Gasteiger partial charge in [-0.05, 0) is 97.1 Å². The van der Waals surface area contributed by atoms with Crippen molar-refractivity contribution in [1.29, 1.82) is 0 Å². The summed E-state index contributed by atoms with van der Waals surface area (Å²) in [7, 11) is 0. The molecule has 6 nitrogen and oxygen atoms in total. The Bertz CT molecular complexity index is 4430. The van der Waals surface area contributed by atoms with E-state index >= 15 is 0 Å². The van der Waals surface area contributed by atoms with Gasteiger partial charge in [0.25, 0.3) is 0 Å². The summed E-state index contributed by atoms with van der Waals surface area (Å²) in [5.41, 5.74) is 14.3. The molecule has 0 spiro atoms. The predicted molar refractivity (Wildman–Crippen MR) is 304 cm³/mol. The SMILES string of the molecule is O=C(c1cccc(-n2c3ccccc3c3cc(-n4c5ccccc5c5ccccc54)ccc32)c1)c1ccccc1C(=O)c1cccc(-n2c3ccccc3c3cc(-n4c5ccccc5c5ccccc54)ccc32)c1. The number of hydrogen-bond acceptors (Lipinski definition) is 2. The minimum atomic E-state index is -0.220. The van der Waals surface area contributed by atoms with Crippen molar-refractivity contribution < 1.29 is 9.59 Å². The van der Waals surface area contributed by atoms with E-state index in [-0.39, 0.29) is 11.6 Å². The van der Waals surface area contributed by atoms with Gasteiger partial charge in [-0.3, -0.25) is 9.59 Å². The Balaban J connectivity index is 0.792. The molecule has 0 unspecified atom stereocenters. The first-order valence-electron chi connectivity index (χ1n) is 25.0. The first-order valence-corrected chi connectivity index (χ1v) is 25.0. The van der Waals surface area contributed by atoms with E-state index in [9.17, 15) is 9.59 Å². The Morgan fingerprint density at radius 1 is 0.216 bits per heavy atom. The molecule has 0 saturated heterocycles. The lowest BCUT2D eigenvalue weighted by molar-refractivity contribution is 0.100. The summed E-state index contributed by atoms with van der Waals surface area (Å²) in [5.74, 6) is -0.439. The van der Waals surface area contributed by atoms with Crippen LogP contribution < -0.4 is 0 Å². The summed E-state index contributed by atoms with van der Waals surface area (Å²) >= 11 is 0. The van der Waals surface area contributed by atoms with Crippen molar-refractivity contribution >= 4 is 98.8 Å². The first kappa shape index (κ1) is 41.7. The number of para-hydroxylation sites is 6. The summed E-state index contributed by atoms with van der Waals surface area (Å²) in [4.78, 5) is 29.8. The van der Waals surface area contributed by atoms with Crippen molar-refractivity contribution in [2.45, 2.75) is 0 Å². The third-order valence-corrected chi connectivity index (χ3v) is 15.1. The maximum absolute atomic E-state index is 14.9. The fourth-order valence-corrected chi connectivity index (χ4v) is 11.9. The molecule has 0 bridgehead atoms. The second-order valence-corrected chi connectivity index (χ2v) is 19.2. The molecule has 0 amide bonds. The van der Waals surface area contributed by atoms with Crippen LogP contribution in [0.3, 0.4) is 0 Å². The lowest BCUT2D eigenvalue weighted by Gasteiger charge is -2.13. The van der Waals surface area contributed by atoms with Gasteiger partial charge in [-0.2, -0.15) is 0 Å². The number of fused-ring (bicyclic) bond motifs is 12. The topological polar surface area (TPSA) is 53.9 Å². The number of aromatic nitrogens is 4. The number of hydrogen-bond donors (Lipinski definition) is 0. The molecule has 0 saturated carbocycles. The highest BCUT2D eigenvalue weighted by Crippen LogP contribution is 2.39. The van der Waals surface area contributed by atoms with Gasteiger partial charge in [-0.1, -0.05) is 158 Å². The Kier molecular flexibility index (Phi) is 9.16. The average Bonchev–Trinajstić information content (AvgIpc) is 4.22. The van der Waals surface area contributed by atoms with Gasteiger partial charge >= 0.3 is 0 Å². The van der Waals surface area contributed by atoms with Crippen LogP contribution in [0.2, 0.25) is 0 Å². The van der Waals surface area contributed by atoms with Crippen LogP contribution in [0.5, 0.6) is 0 Å². The third kappa shape index (κ3) is 6.18. The van der Waals surface area contributed by atoms with Crippen LogP contribution in [0.15, 0.2) is 255 Å². The smallest absolute Gasteiger partial charge is 0.193 e. The van der Waals surface area contributed by atoms with E-state index in [0.717, 1.165) is 88.4 Å². The molecule has 0 radical (unpaired) electrons. The highest BCUT2D eigenvalue weighted by atomic mass is 16.1. The second kappa shape index (κ2) is 16.2. The highest BCUT2D eigenvalue weighted by Gasteiger charge is 2.23. The zero-order valence-corrected chi connectivity index (χ0v) is 39.9. The predicted octanol–water partition coefficient (Wildman–Crippen LogP) is 16.5. The van der Waals surface area contributed by atoms with Gasteiger partial charge < -0.3 is 18.3 Å². The molecule has 0 fully saturated rings. The van der Waals surface area contributed by atoms with Crippen molar-refractivity contribution in [2.24, 2.45) is 0 Å². The molecule has 74 heavy (non-hydrogen) atoms. The Labute approximate surface area is 424 Å². The van der Waals surface area contributed by atoms with Gasteiger partial charge in [0.15, 0.2) is 11.6 Å². The molecule has 15 aromatic rings. The second-order valence-electron chi connectivity index (χ2n) is 19.2. The third-order valence-electron chi connectivity index (χ3n) is 15.1. The molecular weight excluding hydrogens is 905 g/mol. The van der Waals surface area contributed by atoms with E-state index in [1.165, 1.54) is 21.5 Å². The van der Waals surface area contributed by atoms with Crippen molar-refractivity contribution in [3.05, 3.63) is 277 Å². The monoisotopic (exact) mass is 946 g/mol. The van der Waals surface area contributed by atoms with Crippen LogP contribution in [-0.4, -0.2) is 29.8 Å². The lowest BCUT2D eigenvalue weighted by Crippen LogP contribution is -2.12. The molecule has 15 rings (SSSR count). The van der Waals surface area contributed by atoms with Gasteiger partial charge in [0.05, 0.1) is 44.1 Å². The standard InChI is InChI=1S/C68H42N4O2/c73-67(43-17-15-19-45(39-43)69-63-33-13-7-25-53(63)57-41-47(35-37-65(57)69)71-59-29-9-3-21-49(59)50-22-4-10-30-60(50)71)55-27-1-2-28-56(55)68(74)44-18-16-20-46(40-44)70-64-34-14-8-26-54(64)58-42-48(36-38-66(58)70)72-61-31-11-5-23-51(61)52-24-6-12-32-62(52)72/h1-42H. The maximum Gasteiger partial charge on any atom is 0.193 e. The first-order chi connectivity index (χ1) is 36.6. The molecule has 6 heteroatoms. The minimum Gasteiger partial charge on any atom is -0.309 e. The Morgan fingerprint density at radius 3 is 0.797 bits per heavy atom. The molecule has 0 N–H and O–H groups in total. The van der Waals surface area contributed by atoms with E-state index in [1.54, 1.807) is 12.1 Å². The van der Waals surface area contributed by atoms with Gasteiger partial charge in [-0.15, -0.1) is 0 Å². The van der Waals surface area contributed by atoms with Gasteiger partial charge in [-0.25, -0.2) is 0 Å². The van der Waals surface area contributed by atoms with Crippen LogP contribution >= 0.6 is 0 Å². The van der Waals surface area contributed by atoms with Crippen LogP contribution in [0.25, 0.3) is 110 Å². The molecule has 346 valence electrons. The van der Waals surface area contributed by atoms with E-state index < -0.39 is 0 Å². The number of benzene rings is 11. The molecule has 4 heterocycles. The van der Waals surface area contributed by atoms with Crippen molar-refractivity contribution in [3.63, 3.8) is 0 Å². The summed E-state index contributed by atoms with van der Waals surface area (Å²) < 4.78 is 9.16. The summed E-state index contributed by atoms with van der Waals surface area (Å²) in [5, 5.41) is 9.32. The van der Waals surface area contributed by atoms with Crippen molar-refractivity contribution in [1.82, 2.24) is 18.3 Å². The molecule has 0 aliphatic rings. The molecule has 0 aliphatic carbocycles. The van der Waals surface area contributed by atoms with Crippen molar-refractivity contribution in [2.75, 3.05) is 0 Å². The number of rotatable bonds is 8. The Morgan fingerprint density at radius 2 is 0.473 bits per heavy atom. The Hall–Kier alpha value is -10.0. The number of ketones is 2.